The number of fused-ring (bicyclic) bond motifs is 3. The van der Waals surface area contributed by atoms with E-state index in [2.05, 4.69) is 16.8 Å². The maximum Gasteiger partial charge on any atom is 0.318 e. The molecular weight excluding hydrogens is 429 g/mol. The number of nitrogens with one attached hydrogen (secondary N) is 1. The lowest BCUT2D eigenvalue weighted by Crippen LogP contribution is -2.42. The van der Waals surface area contributed by atoms with Crippen molar-refractivity contribution in [2.24, 2.45) is 0 Å². The molecule has 0 fully saturated rings. The smallest absolute Gasteiger partial charge is 0.318 e. The van der Waals surface area contributed by atoms with Crippen LogP contribution in [0.5, 0.6) is 0 Å². The number of nitrogens with zero attached hydrogens (tertiary/aromatic N) is 4. The van der Waals surface area contributed by atoms with Crippen molar-refractivity contribution in [2.45, 2.75) is 39.3 Å². The van der Waals surface area contributed by atoms with Gasteiger partial charge in [0.2, 0.25) is 0 Å². The molecular formula is C27H28FN5O. The standard InChI is InChI=1S/C27H28FN5O/c1-3-16-29-27(34)32-18-22-23(4-2)30-33(21-9-6-5-7-10-21)26(22)31-17-8-11-24(31)25(32)19-12-14-20(28)15-13-19/h5-15,17,25H,3-4,16,18H2,1-2H3,(H,29,34)/t25-/m1/s1. The minimum absolute atomic E-state index is 0.147. The molecule has 0 bridgehead atoms. The van der Waals surface area contributed by atoms with Crippen LogP contribution in [0.2, 0.25) is 0 Å². The van der Waals surface area contributed by atoms with Crippen LogP contribution in [0, 0.1) is 5.82 Å². The van der Waals surface area contributed by atoms with Crippen molar-refractivity contribution in [3.05, 3.63) is 101 Å². The van der Waals surface area contributed by atoms with Gasteiger partial charge in [-0.1, -0.05) is 44.2 Å². The molecule has 6 nitrogen and oxygen atoms in total. The minimum atomic E-state index is -0.381. The summed E-state index contributed by atoms with van der Waals surface area (Å²) in [7, 11) is 0. The highest BCUT2D eigenvalue weighted by molar-refractivity contribution is 5.76. The van der Waals surface area contributed by atoms with E-state index in [-0.39, 0.29) is 17.9 Å². The first-order chi connectivity index (χ1) is 16.6. The first-order valence-corrected chi connectivity index (χ1v) is 11.8. The molecule has 0 unspecified atom stereocenters. The van der Waals surface area contributed by atoms with E-state index in [9.17, 15) is 9.18 Å². The van der Waals surface area contributed by atoms with E-state index in [1.165, 1.54) is 12.1 Å². The molecule has 2 aromatic carbocycles. The van der Waals surface area contributed by atoms with E-state index in [0.29, 0.717) is 13.1 Å². The van der Waals surface area contributed by atoms with Crippen LogP contribution in [0.4, 0.5) is 9.18 Å². The highest BCUT2D eigenvalue weighted by Gasteiger charge is 2.36. The average molecular weight is 458 g/mol. The summed E-state index contributed by atoms with van der Waals surface area (Å²) < 4.78 is 17.9. The fourth-order valence-electron chi connectivity index (χ4n) is 4.68. The molecule has 0 saturated heterocycles. The van der Waals surface area contributed by atoms with Gasteiger partial charge < -0.3 is 14.8 Å². The summed E-state index contributed by atoms with van der Waals surface area (Å²) in [6.07, 6.45) is 3.59. The number of aromatic nitrogens is 3. The molecule has 2 amide bonds. The highest BCUT2D eigenvalue weighted by Crippen LogP contribution is 2.38. The lowest BCUT2D eigenvalue weighted by Gasteiger charge is -2.31. The molecule has 2 aromatic heterocycles. The molecule has 1 aliphatic heterocycles. The molecule has 1 N–H and O–H groups in total. The molecule has 3 heterocycles. The van der Waals surface area contributed by atoms with Crippen LogP contribution in [0.1, 0.15) is 48.8 Å². The van der Waals surface area contributed by atoms with Crippen LogP contribution in [0.3, 0.4) is 0 Å². The monoisotopic (exact) mass is 457 g/mol. The van der Waals surface area contributed by atoms with Crippen LogP contribution in [-0.4, -0.2) is 31.8 Å². The predicted molar refractivity (Wildman–Crippen MR) is 130 cm³/mol. The Morgan fingerprint density at radius 3 is 2.53 bits per heavy atom. The van der Waals surface area contributed by atoms with Gasteiger partial charge in [0.25, 0.3) is 0 Å². The summed E-state index contributed by atoms with van der Waals surface area (Å²) in [5.41, 5.74) is 4.71. The largest absolute Gasteiger partial charge is 0.338 e. The van der Waals surface area contributed by atoms with Crippen molar-refractivity contribution in [1.29, 1.82) is 0 Å². The number of carbonyl (C=O) groups is 1. The summed E-state index contributed by atoms with van der Waals surface area (Å²) >= 11 is 0. The molecule has 0 radical (unpaired) electrons. The molecule has 34 heavy (non-hydrogen) atoms. The molecule has 0 aliphatic carbocycles. The van der Waals surface area contributed by atoms with Gasteiger partial charge in [-0.2, -0.15) is 5.10 Å². The Hall–Kier alpha value is -3.87. The van der Waals surface area contributed by atoms with Gasteiger partial charge in [0.05, 0.1) is 29.7 Å². The number of halogens is 1. The zero-order valence-corrected chi connectivity index (χ0v) is 19.4. The molecule has 1 aliphatic rings. The molecule has 7 heteroatoms. The van der Waals surface area contributed by atoms with Gasteiger partial charge in [-0.15, -0.1) is 0 Å². The highest BCUT2D eigenvalue weighted by atomic mass is 19.1. The Kier molecular flexibility index (Phi) is 5.92. The zero-order valence-electron chi connectivity index (χ0n) is 19.4. The van der Waals surface area contributed by atoms with E-state index in [1.807, 2.05) is 65.2 Å². The normalized spacial score (nSPS) is 14.9. The van der Waals surface area contributed by atoms with Crippen LogP contribution in [0.25, 0.3) is 11.5 Å². The lowest BCUT2D eigenvalue weighted by atomic mass is 10.0. The number of aryl methyl sites for hydroxylation is 1. The maximum atomic E-state index is 13.8. The fraction of sp³-hybridized carbons (Fsp3) is 0.259. The third kappa shape index (κ3) is 3.77. The van der Waals surface area contributed by atoms with Gasteiger partial charge in [-0.05, 0) is 54.8 Å². The van der Waals surface area contributed by atoms with Crippen LogP contribution in [0.15, 0.2) is 72.9 Å². The number of benzene rings is 2. The van der Waals surface area contributed by atoms with E-state index in [4.69, 9.17) is 5.10 Å². The Balaban J connectivity index is 1.74. The van der Waals surface area contributed by atoms with Crippen molar-refractivity contribution in [1.82, 2.24) is 24.6 Å². The summed E-state index contributed by atoms with van der Waals surface area (Å²) in [5, 5.41) is 8.00. The van der Waals surface area contributed by atoms with Crippen molar-refractivity contribution in [2.75, 3.05) is 6.54 Å². The second-order valence-corrected chi connectivity index (χ2v) is 8.47. The quantitative estimate of drug-likeness (QED) is 0.437. The van der Waals surface area contributed by atoms with Gasteiger partial charge in [0.1, 0.15) is 11.6 Å². The van der Waals surface area contributed by atoms with E-state index < -0.39 is 0 Å². The minimum Gasteiger partial charge on any atom is -0.338 e. The number of hydrogen-bond donors (Lipinski definition) is 1. The number of urea groups is 1. The Bertz CT molecular complexity index is 1290. The molecule has 4 aromatic rings. The number of hydrogen-bond acceptors (Lipinski definition) is 2. The van der Waals surface area contributed by atoms with Crippen molar-refractivity contribution >= 4 is 6.03 Å². The summed E-state index contributed by atoms with van der Waals surface area (Å²) in [6.45, 7) is 5.09. The molecule has 0 saturated carbocycles. The third-order valence-electron chi connectivity index (χ3n) is 6.28. The van der Waals surface area contributed by atoms with Gasteiger partial charge in [-0.25, -0.2) is 13.9 Å². The molecule has 5 rings (SSSR count). The van der Waals surface area contributed by atoms with Crippen LogP contribution >= 0.6 is 0 Å². The summed E-state index contributed by atoms with van der Waals surface area (Å²) in [4.78, 5) is 15.3. The topological polar surface area (TPSA) is 55.1 Å². The second kappa shape index (κ2) is 9.17. The molecule has 1 atom stereocenters. The van der Waals surface area contributed by atoms with E-state index >= 15 is 0 Å². The third-order valence-corrected chi connectivity index (χ3v) is 6.28. The lowest BCUT2D eigenvalue weighted by molar-refractivity contribution is 0.180. The molecule has 174 valence electrons. The number of amides is 2. The Morgan fingerprint density at radius 1 is 1.06 bits per heavy atom. The zero-order chi connectivity index (χ0) is 23.7. The Morgan fingerprint density at radius 2 is 1.82 bits per heavy atom. The van der Waals surface area contributed by atoms with Gasteiger partial charge in [0.15, 0.2) is 0 Å². The maximum absolute atomic E-state index is 13.8. The number of carbonyl (C=O) groups excluding carboxylic acids is 1. The SMILES string of the molecule is CCCNC(=O)N1Cc2c(CC)nn(-c3ccccc3)c2-n2cccc2[C@H]1c1ccc(F)cc1. The van der Waals surface area contributed by atoms with Crippen molar-refractivity contribution in [3.8, 4) is 11.5 Å². The van der Waals surface area contributed by atoms with Gasteiger partial charge in [0, 0.05) is 18.3 Å². The Labute approximate surface area is 198 Å². The van der Waals surface area contributed by atoms with Crippen LogP contribution < -0.4 is 5.32 Å². The second-order valence-electron chi connectivity index (χ2n) is 8.47. The van der Waals surface area contributed by atoms with Gasteiger partial charge in [-0.3, -0.25) is 0 Å². The first kappa shape index (κ1) is 21.9. The predicted octanol–water partition coefficient (Wildman–Crippen LogP) is 5.39. The first-order valence-electron chi connectivity index (χ1n) is 11.8. The number of rotatable bonds is 5. The van der Waals surface area contributed by atoms with E-state index in [1.54, 1.807) is 12.1 Å². The average Bonchev–Trinajstić information content (AvgIpc) is 3.45. The van der Waals surface area contributed by atoms with Gasteiger partial charge >= 0.3 is 6.03 Å². The van der Waals surface area contributed by atoms with Crippen LogP contribution in [-0.2, 0) is 13.0 Å². The fourth-order valence-corrected chi connectivity index (χ4v) is 4.68. The summed E-state index contributed by atoms with van der Waals surface area (Å²) in [6, 6.07) is 19.9. The molecule has 0 spiro atoms. The number of para-hydroxylation sites is 1. The summed E-state index contributed by atoms with van der Waals surface area (Å²) in [5.74, 6) is 0.631. The van der Waals surface area contributed by atoms with E-state index in [0.717, 1.165) is 46.9 Å². The van der Waals surface area contributed by atoms with Crippen molar-refractivity contribution < 1.29 is 9.18 Å². The van der Waals surface area contributed by atoms with Crippen molar-refractivity contribution in [3.63, 3.8) is 0 Å².